The quantitative estimate of drug-likeness (QED) is 0.755. The third-order valence-corrected chi connectivity index (χ3v) is 4.41. The summed E-state index contributed by atoms with van der Waals surface area (Å²) < 4.78 is 11.3. The standard InChI is InChI=1S/C20H26N2O4/c1-22(2)12-16(23)11-21-20(24)19-9-8-18(26-19)13-25-17-7-6-14-4-3-5-15(14)10-17/h6-10,16,23H,3-5,11-13H2,1-2H3,(H,21,24). The monoisotopic (exact) mass is 358 g/mol. The zero-order valence-corrected chi connectivity index (χ0v) is 15.3. The van der Waals surface area contributed by atoms with Crippen LogP contribution in [0, 0.1) is 0 Å². The van der Waals surface area contributed by atoms with Crippen LogP contribution in [0.15, 0.2) is 34.7 Å². The van der Waals surface area contributed by atoms with E-state index in [1.54, 1.807) is 12.1 Å². The zero-order valence-electron chi connectivity index (χ0n) is 15.3. The minimum absolute atomic E-state index is 0.179. The first-order chi connectivity index (χ1) is 12.5. The molecule has 6 nitrogen and oxygen atoms in total. The number of hydrogen-bond donors (Lipinski definition) is 2. The molecule has 1 aliphatic rings. The van der Waals surface area contributed by atoms with Gasteiger partial charge in [-0.1, -0.05) is 6.07 Å². The van der Waals surface area contributed by atoms with Gasteiger partial charge in [-0.2, -0.15) is 0 Å². The number of ether oxygens (including phenoxy) is 1. The van der Waals surface area contributed by atoms with Crippen molar-refractivity contribution >= 4 is 5.91 Å². The van der Waals surface area contributed by atoms with E-state index in [1.165, 1.54) is 17.5 Å². The number of aliphatic hydroxyl groups excluding tert-OH is 1. The van der Waals surface area contributed by atoms with Gasteiger partial charge in [-0.3, -0.25) is 4.79 Å². The maximum atomic E-state index is 12.1. The van der Waals surface area contributed by atoms with Crippen LogP contribution in [0.1, 0.15) is 33.9 Å². The first-order valence-corrected chi connectivity index (χ1v) is 8.95. The van der Waals surface area contributed by atoms with Gasteiger partial charge < -0.3 is 24.5 Å². The van der Waals surface area contributed by atoms with Crippen molar-refractivity contribution in [3.05, 3.63) is 53.0 Å². The molecule has 0 saturated carbocycles. The van der Waals surface area contributed by atoms with Crippen LogP contribution in [0.2, 0.25) is 0 Å². The summed E-state index contributed by atoms with van der Waals surface area (Å²) in [6.07, 6.45) is 2.84. The lowest BCUT2D eigenvalue weighted by Crippen LogP contribution is -2.37. The lowest BCUT2D eigenvalue weighted by atomic mass is 10.1. The molecule has 26 heavy (non-hydrogen) atoms. The highest BCUT2D eigenvalue weighted by molar-refractivity contribution is 5.91. The second-order valence-electron chi connectivity index (χ2n) is 6.96. The molecular weight excluding hydrogens is 332 g/mol. The highest BCUT2D eigenvalue weighted by atomic mass is 16.5. The normalized spacial score (nSPS) is 14.3. The summed E-state index contributed by atoms with van der Waals surface area (Å²) in [5.41, 5.74) is 2.77. The molecule has 0 spiro atoms. The molecule has 0 aliphatic heterocycles. The number of furan rings is 1. The molecule has 1 atom stereocenters. The largest absolute Gasteiger partial charge is 0.486 e. The van der Waals surface area contributed by atoms with Gasteiger partial charge in [0.05, 0.1) is 6.10 Å². The number of nitrogens with one attached hydrogen (secondary N) is 1. The molecule has 1 heterocycles. The summed E-state index contributed by atoms with van der Waals surface area (Å²) in [4.78, 5) is 13.9. The van der Waals surface area contributed by atoms with Gasteiger partial charge in [0.1, 0.15) is 18.1 Å². The number of rotatable bonds is 8. The molecule has 0 bridgehead atoms. The summed E-state index contributed by atoms with van der Waals surface area (Å²) in [6.45, 7) is 0.937. The number of aliphatic hydroxyl groups is 1. The fourth-order valence-electron chi connectivity index (χ4n) is 3.15. The summed E-state index contributed by atoms with van der Waals surface area (Å²) >= 11 is 0. The van der Waals surface area contributed by atoms with E-state index in [4.69, 9.17) is 9.15 Å². The molecule has 1 aliphatic carbocycles. The average Bonchev–Trinajstić information content (AvgIpc) is 3.25. The Morgan fingerprint density at radius 1 is 1.27 bits per heavy atom. The van der Waals surface area contributed by atoms with Gasteiger partial charge in [0, 0.05) is 13.1 Å². The van der Waals surface area contributed by atoms with Crippen LogP contribution in [0.4, 0.5) is 0 Å². The number of benzene rings is 1. The summed E-state index contributed by atoms with van der Waals surface area (Å²) in [5.74, 6) is 1.28. The van der Waals surface area contributed by atoms with Crippen molar-refractivity contribution in [3.8, 4) is 5.75 Å². The molecule has 1 aromatic heterocycles. The van der Waals surface area contributed by atoms with E-state index in [0.29, 0.717) is 12.3 Å². The Kier molecular flexibility index (Phi) is 5.96. The Balaban J connectivity index is 1.49. The van der Waals surface area contributed by atoms with Crippen LogP contribution in [0.5, 0.6) is 5.75 Å². The van der Waals surface area contributed by atoms with Crippen LogP contribution in [0.3, 0.4) is 0 Å². The minimum atomic E-state index is -0.619. The van der Waals surface area contributed by atoms with Crippen LogP contribution in [-0.2, 0) is 19.4 Å². The number of amides is 1. The third-order valence-electron chi connectivity index (χ3n) is 4.41. The van der Waals surface area contributed by atoms with Crippen LogP contribution >= 0.6 is 0 Å². The Morgan fingerprint density at radius 3 is 2.88 bits per heavy atom. The first-order valence-electron chi connectivity index (χ1n) is 8.95. The molecular formula is C20H26N2O4. The van der Waals surface area contributed by atoms with Gasteiger partial charge in [-0.05, 0) is 68.8 Å². The van der Waals surface area contributed by atoms with Crippen molar-refractivity contribution in [1.29, 1.82) is 0 Å². The number of fused-ring (bicyclic) bond motifs is 1. The molecule has 140 valence electrons. The van der Waals surface area contributed by atoms with Gasteiger partial charge in [-0.25, -0.2) is 0 Å². The van der Waals surface area contributed by atoms with E-state index < -0.39 is 6.10 Å². The van der Waals surface area contributed by atoms with Gasteiger partial charge in [0.25, 0.3) is 5.91 Å². The Labute approximate surface area is 153 Å². The van der Waals surface area contributed by atoms with Crippen molar-refractivity contribution in [2.24, 2.45) is 0 Å². The van der Waals surface area contributed by atoms with E-state index in [1.807, 2.05) is 25.1 Å². The molecule has 3 rings (SSSR count). The molecule has 1 amide bonds. The number of aryl methyl sites for hydroxylation is 2. The smallest absolute Gasteiger partial charge is 0.287 e. The van der Waals surface area contributed by atoms with Crippen molar-refractivity contribution in [2.75, 3.05) is 27.2 Å². The second-order valence-corrected chi connectivity index (χ2v) is 6.96. The lowest BCUT2D eigenvalue weighted by Gasteiger charge is -2.15. The maximum absolute atomic E-state index is 12.1. The van der Waals surface area contributed by atoms with Gasteiger partial charge in [0.2, 0.25) is 0 Å². The summed E-state index contributed by atoms with van der Waals surface area (Å²) in [6, 6.07) is 9.54. The van der Waals surface area contributed by atoms with Crippen molar-refractivity contribution < 1.29 is 19.1 Å². The fraction of sp³-hybridized carbons (Fsp3) is 0.450. The highest BCUT2D eigenvalue weighted by Gasteiger charge is 2.14. The zero-order chi connectivity index (χ0) is 18.5. The van der Waals surface area contributed by atoms with Gasteiger partial charge >= 0.3 is 0 Å². The maximum Gasteiger partial charge on any atom is 0.287 e. The Hall–Kier alpha value is -2.31. The average molecular weight is 358 g/mol. The lowest BCUT2D eigenvalue weighted by molar-refractivity contribution is 0.0863. The van der Waals surface area contributed by atoms with Crippen LogP contribution in [-0.4, -0.2) is 49.2 Å². The number of hydrogen-bond acceptors (Lipinski definition) is 5. The molecule has 0 fully saturated rings. The second kappa shape index (κ2) is 8.38. The number of carbonyl (C=O) groups excluding carboxylic acids is 1. The molecule has 1 aromatic carbocycles. The van der Waals surface area contributed by atoms with Gasteiger partial charge in [0.15, 0.2) is 5.76 Å². The Morgan fingerprint density at radius 2 is 2.08 bits per heavy atom. The van der Waals surface area contributed by atoms with Gasteiger partial charge in [-0.15, -0.1) is 0 Å². The number of carbonyl (C=O) groups is 1. The van der Waals surface area contributed by atoms with E-state index in [9.17, 15) is 9.90 Å². The Bertz CT molecular complexity index is 754. The first kappa shape index (κ1) is 18.5. The molecule has 2 N–H and O–H groups in total. The van der Waals surface area contributed by atoms with Crippen LogP contribution < -0.4 is 10.1 Å². The molecule has 2 aromatic rings. The topological polar surface area (TPSA) is 74.9 Å². The summed E-state index contributed by atoms with van der Waals surface area (Å²) in [5, 5.41) is 12.5. The van der Waals surface area contributed by atoms with E-state index in [0.717, 1.165) is 18.6 Å². The van der Waals surface area contributed by atoms with E-state index in [-0.39, 0.29) is 24.8 Å². The minimum Gasteiger partial charge on any atom is -0.486 e. The summed E-state index contributed by atoms with van der Waals surface area (Å²) in [7, 11) is 3.73. The van der Waals surface area contributed by atoms with E-state index in [2.05, 4.69) is 17.4 Å². The highest BCUT2D eigenvalue weighted by Crippen LogP contribution is 2.26. The van der Waals surface area contributed by atoms with Crippen molar-refractivity contribution in [1.82, 2.24) is 10.2 Å². The predicted octanol–water partition coefficient (Wildman–Crippen LogP) is 2.00. The van der Waals surface area contributed by atoms with Crippen molar-refractivity contribution in [2.45, 2.75) is 32.0 Å². The fourth-order valence-corrected chi connectivity index (χ4v) is 3.15. The van der Waals surface area contributed by atoms with Crippen molar-refractivity contribution in [3.63, 3.8) is 0 Å². The SMILES string of the molecule is CN(C)CC(O)CNC(=O)c1ccc(COc2ccc3c(c2)CCC3)o1. The number of nitrogens with zero attached hydrogens (tertiary/aromatic N) is 1. The molecule has 0 saturated heterocycles. The van der Waals surface area contributed by atoms with E-state index >= 15 is 0 Å². The third kappa shape index (κ3) is 4.86. The molecule has 0 radical (unpaired) electrons. The predicted molar refractivity (Wildman–Crippen MR) is 98.4 cm³/mol. The number of likely N-dealkylation sites (N-methyl/N-ethyl adjacent to an activating group) is 1. The van der Waals surface area contributed by atoms with Crippen LogP contribution in [0.25, 0.3) is 0 Å². The molecule has 6 heteroatoms. The molecule has 1 unspecified atom stereocenters.